The Hall–Kier alpha value is -4.13. The van der Waals surface area contributed by atoms with E-state index in [2.05, 4.69) is 32.8 Å². The lowest BCUT2D eigenvalue weighted by atomic mass is 10.2. The van der Waals surface area contributed by atoms with Crippen molar-refractivity contribution in [2.24, 2.45) is 0 Å². The second-order valence-corrected chi connectivity index (χ2v) is 7.42. The van der Waals surface area contributed by atoms with Gasteiger partial charge in [0.2, 0.25) is 5.91 Å². The van der Waals surface area contributed by atoms with Gasteiger partial charge in [-0.3, -0.25) is 4.79 Å². The molecule has 37 heavy (non-hydrogen) atoms. The number of amides is 1. The summed E-state index contributed by atoms with van der Waals surface area (Å²) >= 11 is 0. The first-order chi connectivity index (χ1) is 17.8. The van der Waals surface area contributed by atoms with Crippen molar-refractivity contribution in [3.05, 3.63) is 61.2 Å². The molecule has 1 aliphatic rings. The Morgan fingerprint density at radius 3 is 2.35 bits per heavy atom. The molecule has 3 rings (SSSR count). The fourth-order valence-corrected chi connectivity index (χ4v) is 3.06. The third-order valence-electron chi connectivity index (χ3n) is 4.59. The van der Waals surface area contributed by atoms with Gasteiger partial charge in [0, 0.05) is 12.6 Å². The zero-order valence-electron chi connectivity index (χ0n) is 19.7. The van der Waals surface area contributed by atoms with Crippen LogP contribution in [0.5, 0.6) is 23.8 Å². The summed E-state index contributed by atoms with van der Waals surface area (Å²) in [6.07, 6.45) is 0.447. The molecule has 1 aliphatic heterocycles. The van der Waals surface area contributed by atoms with E-state index >= 15 is 0 Å². The van der Waals surface area contributed by atoms with Gasteiger partial charge in [-0.1, -0.05) is 37.4 Å². The van der Waals surface area contributed by atoms with Gasteiger partial charge in [0.1, 0.15) is 31.7 Å². The average molecular weight is 522 g/mol. The van der Waals surface area contributed by atoms with Gasteiger partial charge in [0.15, 0.2) is 0 Å². The first-order valence-corrected chi connectivity index (χ1v) is 11.1. The highest BCUT2D eigenvalue weighted by molar-refractivity contribution is 5.91. The molecule has 0 aliphatic carbocycles. The van der Waals surface area contributed by atoms with Gasteiger partial charge in [-0.2, -0.15) is 0 Å². The lowest BCUT2D eigenvalue weighted by molar-refractivity contribution is -0.274. The summed E-state index contributed by atoms with van der Waals surface area (Å²) in [5.74, 6) is -0.712. The molecule has 0 spiro atoms. The molecule has 1 fully saturated rings. The number of hydrogen-bond donors (Lipinski definition) is 0. The third-order valence-corrected chi connectivity index (χ3v) is 4.59. The zero-order valence-corrected chi connectivity index (χ0v) is 19.7. The topological polar surface area (TPSA) is 105 Å². The Morgan fingerprint density at radius 1 is 1.08 bits per heavy atom. The van der Waals surface area contributed by atoms with Crippen molar-refractivity contribution < 1.29 is 41.7 Å². The number of alkyl halides is 3. The van der Waals surface area contributed by atoms with Gasteiger partial charge in [-0.25, -0.2) is 0 Å². The van der Waals surface area contributed by atoms with E-state index < -0.39 is 12.5 Å². The van der Waals surface area contributed by atoms with Gasteiger partial charge in [-0.15, -0.1) is 28.1 Å². The molecule has 0 N–H and O–H groups in total. The van der Waals surface area contributed by atoms with E-state index in [0.717, 1.165) is 0 Å². The zero-order chi connectivity index (χ0) is 26.7. The molecule has 10 nitrogen and oxygen atoms in total. The number of hydrogen-bond acceptors (Lipinski definition) is 9. The fraction of sp³-hybridized carbons (Fsp3) is 0.333. The van der Waals surface area contributed by atoms with Crippen molar-refractivity contribution in [1.82, 2.24) is 19.9 Å². The summed E-state index contributed by atoms with van der Waals surface area (Å²) < 4.78 is 63.1. The summed E-state index contributed by atoms with van der Waals surface area (Å²) in [6, 6.07) is 5.23. The normalized spacial score (nSPS) is 15.8. The third kappa shape index (κ3) is 9.44. The van der Waals surface area contributed by atoms with E-state index in [9.17, 15) is 18.0 Å². The molecular weight excluding hydrogens is 497 g/mol. The Kier molecular flexibility index (Phi) is 9.84. The number of carbonyl (C=O) groups excluding carboxylic acids is 1. The summed E-state index contributed by atoms with van der Waals surface area (Å²) in [5.41, 5.74) is 0.377. The van der Waals surface area contributed by atoms with Crippen LogP contribution in [0.2, 0.25) is 0 Å². The smallest absolute Gasteiger partial charge is 0.460 e. The molecule has 1 aromatic heterocycles. The number of ether oxygens (including phenoxy) is 5. The van der Waals surface area contributed by atoms with Crippen LogP contribution in [-0.2, 0) is 9.53 Å². The molecule has 13 heteroatoms. The lowest BCUT2D eigenvalue weighted by Crippen LogP contribution is -2.47. The SMILES string of the molecule is C=CCOc1nc(OCC=C)nc(OCC2CN(C(=O)C=Cc3cccc(OC(F)(F)F)c3)CCO2)n1. The second-order valence-electron chi connectivity index (χ2n) is 7.42. The Morgan fingerprint density at radius 2 is 1.73 bits per heavy atom. The number of aromatic nitrogens is 3. The predicted molar refractivity (Wildman–Crippen MR) is 125 cm³/mol. The van der Waals surface area contributed by atoms with Gasteiger partial charge in [0.25, 0.3) is 0 Å². The van der Waals surface area contributed by atoms with Crippen LogP contribution in [0.4, 0.5) is 13.2 Å². The van der Waals surface area contributed by atoms with E-state index in [1.165, 1.54) is 47.4 Å². The van der Waals surface area contributed by atoms with Crippen LogP contribution in [0.1, 0.15) is 5.56 Å². The van der Waals surface area contributed by atoms with Crippen LogP contribution in [0, 0.1) is 0 Å². The van der Waals surface area contributed by atoms with Crippen molar-refractivity contribution >= 4 is 12.0 Å². The molecular formula is C24H25F3N4O6. The maximum atomic E-state index is 12.6. The van der Waals surface area contributed by atoms with Crippen molar-refractivity contribution in [3.8, 4) is 23.8 Å². The van der Waals surface area contributed by atoms with Gasteiger partial charge >= 0.3 is 24.4 Å². The molecule has 1 unspecified atom stereocenters. The van der Waals surface area contributed by atoms with Crippen LogP contribution in [0.3, 0.4) is 0 Å². The van der Waals surface area contributed by atoms with Gasteiger partial charge in [0.05, 0.1) is 13.2 Å². The molecule has 198 valence electrons. The number of morpholine rings is 1. The molecule has 1 amide bonds. The molecule has 2 heterocycles. The first kappa shape index (κ1) is 27.5. The van der Waals surface area contributed by atoms with Crippen LogP contribution in [0.15, 0.2) is 55.7 Å². The van der Waals surface area contributed by atoms with Crippen LogP contribution in [-0.4, -0.2) is 77.7 Å². The molecule has 1 atom stereocenters. The highest BCUT2D eigenvalue weighted by Crippen LogP contribution is 2.24. The van der Waals surface area contributed by atoms with E-state index in [0.29, 0.717) is 12.1 Å². The van der Waals surface area contributed by atoms with E-state index in [4.69, 9.17) is 18.9 Å². The van der Waals surface area contributed by atoms with Crippen molar-refractivity contribution in [2.75, 3.05) is 39.5 Å². The summed E-state index contributed by atoms with van der Waals surface area (Å²) in [7, 11) is 0. The molecule has 0 bridgehead atoms. The highest BCUT2D eigenvalue weighted by Gasteiger charge is 2.31. The van der Waals surface area contributed by atoms with E-state index in [1.54, 1.807) is 6.07 Å². The molecule has 1 aromatic carbocycles. The Labute approximate surface area is 211 Å². The molecule has 0 saturated carbocycles. The molecule has 2 aromatic rings. The first-order valence-electron chi connectivity index (χ1n) is 11.1. The monoisotopic (exact) mass is 522 g/mol. The summed E-state index contributed by atoms with van der Waals surface area (Å²) in [6.45, 7) is 8.30. The van der Waals surface area contributed by atoms with Gasteiger partial charge in [-0.05, 0) is 23.8 Å². The van der Waals surface area contributed by atoms with Crippen LogP contribution < -0.4 is 18.9 Å². The maximum Gasteiger partial charge on any atom is 0.573 e. The van der Waals surface area contributed by atoms with Crippen LogP contribution in [0.25, 0.3) is 6.08 Å². The minimum atomic E-state index is -4.80. The number of carbonyl (C=O) groups is 1. The number of benzene rings is 1. The van der Waals surface area contributed by atoms with E-state index in [1.807, 2.05) is 0 Å². The minimum absolute atomic E-state index is 0.0137. The number of halogens is 3. The standard InChI is InChI=1S/C24H25F3N4O6/c1-3-11-34-21-28-22(35-12-4-2)30-23(29-21)36-16-19-15-31(10-13-33-19)20(32)9-8-17-6-5-7-18(14-17)37-24(25,26)27/h3-9,14,19H,1-2,10-13,15-16H2. The number of rotatable bonds is 12. The lowest BCUT2D eigenvalue weighted by Gasteiger charge is -2.32. The van der Waals surface area contributed by atoms with Crippen LogP contribution >= 0.6 is 0 Å². The fourth-order valence-electron chi connectivity index (χ4n) is 3.06. The second kappa shape index (κ2) is 13.3. The largest absolute Gasteiger partial charge is 0.573 e. The quantitative estimate of drug-likeness (QED) is 0.307. The van der Waals surface area contributed by atoms with Crippen molar-refractivity contribution in [3.63, 3.8) is 0 Å². The van der Waals surface area contributed by atoms with E-state index in [-0.39, 0.29) is 62.7 Å². The maximum absolute atomic E-state index is 12.6. The minimum Gasteiger partial charge on any atom is -0.460 e. The summed E-state index contributed by atoms with van der Waals surface area (Å²) in [5, 5.41) is 0. The average Bonchev–Trinajstić information content (AvgIpc) is 2.87. The van der Waals surface area contributed by atoms with Gasteiger partial charge < -0.3 is 28.6 Å². The summed E-state index contributed by atoms with van der Waals surface area (Å²) in [4.78, 5) is 26.3. The molecule has 0 radical (unpaired) electrons. The van der Waals surface area contributed by atoms with Crippen molar-refractivity contribution in [1.29, 1.82) is 0 Å². The molecule has 1 saturated heterocycles. The highest BCUT2D eigenvalue weighted by atomic mass is 19.4. The Balaban J connectivity index is 1.57. The number of nitrogens with zero attached hydrogens (tertiary/aromatic N) is 4. The predicted octanol–water partition coefficient (Wildman–Crippen LogP) is 3.22. The van der Waals surface area contributed by atoms with Crippen molar-refractivity contribution in [2.45, 2.75) is 12.5 Å². The Bertz CT molecular complexity index is 1080.